The molecule has 0 aromatic heterocycles. The quantitative estimate of drug-likeness (QED) is 0.213. The lowest BCUT2D eigenvalue weighted by Crippen LogP contribution is -2.65. The normalized spacial score (nSPS) is 28.1. The zero-order valence-electron chi connectivity index (χ0n) is 61.9. The number of hydrogen-bond donors (Lipinski definition) is 3. The Morgan fingerprint density at radius 3 is 1.78 bits per heavy atom. The molecule has 0 unspecified atom stereocenters. The molecule has 12 amide bonds. The van der Waals surface area contributed by atoms with Gasteiger partial charge in [-0.25, -0.2) is 0 Å². The lowest BCUT2D eigenvalue weighted by atomic mass is 9.84. The average Bonchev–Trinajstić information content (AvgIpc) is 1.12. The summed E-state index contributed by atoms with van der Waals surface area (Å²) in [5.41, 5.74) is -2.35. The molecule has 4 saturated heterocycles. The van der Waals surface area contributed by atoms with Gasteiger partial charge in [0.2, 0.25) is 70.9 Å². The second-order valence-electron chi connectivity index (χ2n) is 31.1. The molecular weight excluding hydrogens is 1340 g/mol. The molecule has 7 aliphatic rings. The van der Waals surface area contributed by atoms with Crippen LogP contribution in [0.4, 0.5) is 13.2 Å². The number of hydrogen-bond acceptors (Lipinski definition) is 12. The van der Waals surface area contributed by atoms with Crippen molar-refractivity contribution in [1.82, 2.24) is 60.0 Å². The molecular formula is C74H112ClF3N12O12. The van der Waals surface area contributed by atoms with Crippen LogP contribution in [-0.2, 0) is 70.1 Å². The van der Waals surface area contributed by atoms with Gasteiger partial charge in [-0.15, -0.1) is 0 Å². The van der Waals surface area contributed by atoms with Crippen LogP contribution in [0, 0.1) is 23.7 Å². The van der Waals surface area contributed by atoms with E-state index in [-0.39, 0.29) is 88.6 Å². The van der Waals surface area contributed by atoms with E-state index in [4.69, 9.17) is 11.6 Å². The number of rotatable bonds is 11. The Labute approximate surface area is 604 Å². The van der Waals surface area contributed by atoms with Crippen LogP contribution < -0.4 is 16.0 Å². The third kappa shape index (κ3) is 19.1. The van der Waals surface area contributed by atoms with Gasteiger partial charge in [0.25, 0.3) is 0 Å². The number of nitrogens with zero attached hydrogens (tertiary/aromatic N) is 9. The fourth-order valence-corrected chi connectivity index (χ4v) is 17.0. The van der Waals surface area contributed by atoms with Gasteiger partial charge in [0.05, 0.1) is 23.6 Å². The van der Waals surface area contributed by atoms with E-state index in [1.807, 2.05) is 13.8 Å². The smallest absolute Gasteiger partial charge is 0.343 e. The van der Waals surface area contributed by atoms with E-state index in [1.54, 1.807) is 25.7 Å². The van der Waals surface area contributed by atoms with Crippen LogP contribution in [0.5, 0.6) is 0 Å². The van der Waals surface area contributed by atoms with E-state index in [9.17, 15) is 27.6 Å². The number of piperidine rings is 1. The average molecular weight is 1450 g/mol. The summed E-state index contributed by atoms with van der Waals surface area (Å²) < 4.78 is 41.7. The molecule has 7 fully saturated rings. The number of carbonyl (C=O) groups is 12. The highest BCUT2D eigenvalue weighted by molar-refractivity contribution is 6.31. The van der Waals surface area contributed by atoms with Crippen molar-refractivity contribution in [2.75, 3.05) is 75.0 Å². The molecule has 9 atom stereocenters. The molecule has 1 aromatic carbocycles. The lowest BCUT2D eigenvalue weighted by molar-refractivity contribution is -0.160. The summed E-state index contributed by atoms with van der Waals surface area (Å²) in [6.07, 6.45) is 7.14. The van der Waals surface area contributed by atoms with Gasteiger partial charge in [0.1, 0.15) is 59.9 Å². The van der Waals surface area contributed by atoms with Crippen LogP contribution in [0.3, 0.4) is 0 Å². The SMILES string of the molecule is CC(C)C[C@H]1C(=O)N[C@@H](CC2CCCC2)C(=O)N(C)[C@@H](C)C(=O)N2CC[C@H]2C(=O)N(C)[C@@H](CC2CCCCC2)C(=O)N(C)CC(=O)N[C@@H](CCc2ccc(C(F)(F)F)c(Cl)c2)C(=O)N2CCC[C@H]2C(=O)NC2(CCCC2)C(=O)N(C)[C@@H](C(C)C)C(=O)N(C)[C@H](C(=O)N2CCCCC2)CC(=O)N1C. The summed E-state index contributed by atoms with van der Waals surface area (Å²) >= 11 is 6.17. The van der Waals surface area contributed by atoms with Crippen molar-refractivity contribution in [1.29, 1.82) is 0 Å². The number of fused-ring (bicyclic) bond motifs is 2. The predicted molar refractivity (Wildman–Crippen MR) is 376 cm³/mol. The van der Waals surface area contributed by atoms with Crippen LogP contribution in [-0.4, -0.2) is 250 Å². The maximum atomic E-state index is 15.5. The molecule has 102 heavy (non-hydrogen) atoms. The molecule has 3 aliphatic carbocycles. The Balaban J connectivity index is 1.17. The first-order valence-corrected chi connectivity index (χ1v) is 37.8. The zero-order chi connectivity index (χ0) is 74.8. The van der Waals surface area contributed by atoms with Gasteiger partial charge < -0.3 is 60.0 Å². The van der Waals surface area contributed by atoms with Crippen molar-refractivity contribution >= 4 is 82.5 Å². The predicted octanol–water partition coefficient (Wildman–Crippen LogP) is 6.56. The molecule has 568 valence electrons. The summed E-state index contributed by atoms with van der Waals surface area (Å²) in [4.78, 5) is 193. The number of carbonyl (C=O) groups excluding carboxylic acids is 12. The summed E-state index contributed by atoms with van der Waals surface area (Å²) in [5.74, 6) is -8.15. The number of benzene rings is 1. The maximum Gasteiger partial charge on any atom is 0.417 e. The highest BCUT2D eigenvalue weighted by Crippen LogP contribution is 2.38. The molecule has 1 spiro atoms. The zero-order valence-corrected chi connectivity index (χ0v) is 62.6. The Hall–Kier alpha value is -7.06. The van der Waals surface area contributed by atoms with E-state index >= 15 is 43.2 Å². The van der Waals surface area contributed by atoms with Gasteiger partial charge >= 0.3 is 6.18 Å². The molecule has 24 nitrogen and oxygen atoms in total. The Kier molecular flexibility index (Phi) is 27.8. The minimum absolute atomic E-state index is 0.0263. The van der Waals surface area contributed by atoms with E-state index in [0.717, 1.165) is 81.2 Å². The van der Waals surface area contributed by atoms with Crippen LogP contribution in [0.25, 0.3) is 0 Å². The molecule has 28 heteroatoms. The van der Waals surface area contributed by atoms with Gasteiger partial charge in [0, 0.05) is 68.5 Å². The largest absolute Gasteiger partial charge is 0.417 e. The molecule has 3 saturated carbocycles. The van der Waals surface area contributed by atoms with Crippen LogP contribution in [0.1, 0.15) is 200 Å². The molecule has 4 heterocycles. The van der Waals surface area contributed by atoms with Crippen LogP contribution >= 0.6 is 11.6 Å². The van der Waals surface area contributed by atoms with Gasteiger partial charge in [-0.05, 0) is 132 Å². The molecule has 1 aromatic rings. The van der Waals surface area contributed by atoms with Crippen molar-refractivity contribution in [3.05, 3.63) is 34.3 Å². The number of nitrogens with one attached hydrogen (secondary N) is 3. The topological polar surface area (TPSA) is 270 Å². The fraction of sp³-hybridized carbons (Fsp3) is 0.757. The molecule has 0 bridgehead atoms. The molecule has 4 aliphatic heterocycles. The number of amides is 12. The Bertz CT molecular complexity index is 3220. The summed E-state index contributed by atoms with van der Waals surface area (Å²) in [5, 5.41) is 8.26. The number of likely N-dealkylation sites (tertiary alicyclic amines) is 1. The minimum Gasteiger partial charge on any atom is -0.343 e. The fourth-order valence-electron chi connectivity index (χ4n) is 16.7. The highest BCUT2D eigenvalue weighted by atomic mass is 35.5. The number of likely N-dealkylation sites (N-methyl/N-ethyl adjacent to an activating group) is 6. The van der Waals surface area contributed by atoms with E-state index in [0.29, 0.717) is 50.8 Å². The monoisotopic (exact) mass is 1450 g/mol. The van der Waals surface area contributed by atoms with Gasteiger partial charge in [0.15, 0.2) is 0 Å². The first kappa shape index (κ1) is 80.6. The van der Waals surface area contributed by atoms with Crippen molar-refractivity contribution in [2.24, 2.45) is 23.7 Å². The minimum atomic E-state index is -4.76. The standard InChI is InChI=1S/C74H112ClF3N12O12/c1-45(2)39-57-63(93)80-54(41-48-25-16-17-26-48)66(96)83(7)47(5)65(95)90-38-32-56(90)69(99)85(9)58(42-49-23-14-12-15-24-49)68(98)82(6)44-60(91)79-53(31-29-50-28-30-51(52(75)40-50)74(76,77)78)67(97)89-37-22-27-55(89)64(94)81-73(33-18-19-34-73)72(102)87(11)62(46(3)4)71(101)86(10)59(43-61(92)84(57)8)70(100)88-35-20-13-21-36-88/h28,30,40,45-49,53-59,62H,12-27,29,31-39,41-44H2,1-11H3,(H,79,91)(H,80,93)(H,81,94)/t47-,53-,54-,55-,56-,57-,58-,59-,62-/m0/s1. The van der Waals surface area contributed by atoms with Gasteiger partial charge in [-0.3, -0.25) is 57.5 Å². The number of halogens is 4. The van der Waals surface area contributed by atoms with E-state index in [2.05, 4.69) is 16.0 Å². The second-order valence-corrected chi connectivity index (χ2v) is 31.5. The van der Waals surface area contributed by atoms with Gasteiger partial charge in [-0.2, -0.15) is 13.2 Å². The summed E-state index contributed by atoms with van der Waals surface area (Å²) in [7, 11) is 8.70. The second kappa shape index (κ2) is 35.1. The summed E-state index contributed by atoms with van der Waals surface area (Å²) in [6.45, 7) is 9.12. The Morgan fingerprint density at radius 1 is 0.588 bits per heavy atom. The van der Waals surface area contributed by atoms with Crippen molar-refractivity contribution < 1.29 is 70.7 Å². The maximum absolute atomic E-state index is 15.5. The molecule has 8 rings (SSSR count). The van der Waals surface area contributed by atoms with Crippen molar-refractivity contribution in [2.45, 2.75) is 261 Å². The van der Waals surface area contributed by atoms with Crippen LogP contribution in [0.2, 0.25) is 5.02 Å². The third-order valence-electron chi connectivity index (χ3n) is 23.0. The lowest BCUT2D eigenvalue weighted by Gasteiger charge is -2.45. The molecule has 0 radical (unpaired) electrons. The number of aryl methyl sites for hydroxylation is 1. The summed E-state index contributed by atoms with van der Waals surface area (Å²) in [6, 6.07) is -7.71. The Morgan fingerprint density at radius 2 is 1.20 bits per heavy atom. The van der Waals surface area contributed by atoms with E-state index in [1.165, 1.54) is 82.7 Å². The van der Waals surface area contributed by atoms with Gasteiger partial charge in [-0.1, -0.05) is 116 Å². The van der Waals surface area contributed by atoms with Crippen molar-refractivity contribution in [3.63, 3.8) is 0 Å². The number of alkyl halides is 3. The first-order chi connectivity index (χ1) is 48.2. The highest BCUT2D eigenvalue weighted by Gasteiger charge is 2.52. The van der Waals surface area contributed by atoms with Crippen molar-refractivity contribution in [3.8, 4) is 0 Å². The third-order valence-corrected chi connectivity index (χ3v) is 23.4. The van der Waals surface area contributed by atoms with Crippen LogP contribution in [0.15, 0.2) is 18.2 Å². The molecule has 3 N–H and O–H groups in total. The first-order valence-electron chi connectivity index (χ1n) is 37.4. The van der Waals surface area contributed by atoms with E-state index < -0.39 is 166 Å².